The lowest BCUT2D eigenvalue weighted by Gasteiger charge is -2.25. The van der Waals surface area contributed by atoms with E-state index >= 15 is 0 Å². The lowest BCUT2D eigenvalue weighted by Crippen LogP contribution is -2.28. The third-order valence-electron chi connectivity index (χ3n) is 6.72. The standard InChI is InChI=1S/C25H23N3O2/c1-15-3-2-4-16-5-11-21(24(29)23(15)16)25(30)27-22-12-10-20(13-17(22)14-26)28-18-6-7-19(28)9-8-18/h2-4,10-13,18-19H,5-9H2,1H3,(H,27,30). The van der Waals surface area contributed by atoms with Crippen molar-refractivity contribution in [2.75, 3.05) is 10.2 Å². The zero-order valence-corrected chi connectivity index (χ0v) is 16.9. The van der Waals surface area contributed by atoms with Gasteiger partial charge < -0.3 is 10.2 Å². The van der Waals surface area contributed by atoms with Crippen molar-refractivity contribution in [3.8, 4) is 6.07 Å². The number of benzene rings is 2. The van der Waals surface area contributed by atoms with Crippen LogP contribution in [0.4, 0.5) is 11.4 Å². The van der Waals surface area contributed by atoms with Crippen LogP contribution in [0.1, 0.15) is 52.7 Å². The fourth-order valence-corrected chi connectivity index (χ4v) is 5.28. The monoisotopic (exact) mass is 397 g/mol. The van der Waals surface area contributed by atoms with Gasteiger partial charge in [-0.2, -0.15) is 5.26 Å². The first kappa shape index (κ1) is 18.6. The van der Waals surface area contributed by atoms with Gasteiger partial charge in [-0.1, -0.05) is 24.3 Å². The van der Waals surface area contributed by atoms with Crippen molar-refractivity contribution in [1.29, 1.82) is 5.26 Å². The number of nitrogens with one attached hydrogen (secondary N) is 1. The highest BCUT2D eigenvalue weighted by molar-refractivity contribution is 6.30. The van der Waals surface area contributed by atoms with Crippen LogP contribution in [-0.2, 0) is 11.2 Å². The molecule has 2 fully saturated rings. The summed E-state index contributed by atoms with van der Waals surface area (Å²) >= 11 is 0. The number of rotatable bonds is 3. The highest BCUT2D eigenvalue weighted by Gasteiger charge is 2.39. The second kappa shape index (κ2) is 7.14. The van der Waals surface area contributed by atoms with Crippen molar-refractivity contribution in [2.45, 2.75) is 51.1 Å². The number of carbonyl (C=O) groups is 2. The van der Waals surface area contributed by atoms with Crippen molar-refractivity contribution in [3.05, 3.63) is 70.3 Å². The van der Waals surface area contributed by atoms with Gasteiger partial charge in [-0.15, -0.1) is 0 Å². The van der Waals surface area contributed by atoms with Crippen LogP contribution in [0.3, 0.4) is 0 Å². The number of fused-ring (bicyclic) bond motifs is 3. The van der Waals surface area contributed by atoms with Crippen LogP contribution in [0.25, 0.3) is 0 Å². The van der Waals surface area contributed by atoms with E-state index in [2.05, 4.69) is 16.3 Å². The van der Waals surface area contributed by atoms with Crippen molar-refractivity contribution in [2.24, 2.45) is 0 Å². The molecule has 1 aliphatic carbocycles. The predicted molar refractivity (Wildman–Crippen MR) is 116 cm³/mol. The number of carbonyl (C=O) groups excluding carboxylic acids is 2. The summed E-state index contributed by atoms with van der Waals surface area (Å²) in [5.74, 6) is -0.713. The van der Waals surface area contributed by atoms with E-state index in [1.165, 1.54) is 25.7 Å². The molecular formula is C25H23N3O2. The lowest BCUT2D eigenvalue weighted by molar-refractivity contribution is -0.112. The molecule has 0 saturated carbocycles. The Hall–Kier alpha value is -3.39. The Bertz CT molecular complexity index is 1120. The number of ketones is 1. The summed E-state index contributed by atoms with van der Waals surface area (Å²) in [6.07, 6.45) is 7.07. The maximum atomic E-state index is 12.9. The van der Waals surface area contributed by atoms with Gasteiger partial charge in [0.2, 0.25) is 0 Å². The van der Waals surface area contributed by atoms with E-state index < -0.39 is 5.91 Å². The van der Waals surface area contributed by atoms with Gasteiger partial charge in [0, 0.05) is 23.3 Å². The van der Waals surface area contributed by atoms with Crippen molar-refractivity contribution in [3.63, 3.8) is 0 Å². The first-order chi connectivity index (χ1) is 14.6. The Labute approximate surface area is 176 Å². The Morgan fingerprint density at radius 2 is 1.87 bits per heavy atom. The van der Waals surface area contributed by atoms with E-state index in [9.17, 15) is 14.9 Å². The smallest absolute Gasteiger partial charge is 0.259 e. The van der Waals surface area contributed by atoms with Crippen LogP contribution >= 0.6 is 0 Å². The molecule has 2 aliphatic heterocycles. The van der Waals surface area contributed by atoms with Gasteiger partial charge in [0.05, 0.1) is 16.8 Å². The number of Topliss-reactive ketones (excluding diaryl/α,β-unsaturated/α-hetero) is 1. The number of allylic oxidation sites excluding steroid dienone is 1. The van der Waals surface area contributed by atoms with E-state index in [0.29, 0.717) is 35.3 Å². The van der Waals surface area contributed by atoms with Gasteiger partial charge in [0.25, 0.3) is 5.91 Å². The maximum absolute atomic E-state index is 12.9. The Morgan fingerprint density at radius 3 is 2.57 bits per heavy atom. The minimum absolute atomic E-state index is 0.141. The molecule has 2 aromatic rings. The fraction of sp³-hybridized carbons (Fsp3) is 0.320. The topological polar surface area (TPSA) is 73.2 Å². The minimum atomic E-state index is -0.459. The summed E-state index contributed by atoms with van der Waals surface area (Å²) in [5, 5.41) is 12.5. The lowest BCUT2D eigenvalue weighted by atomic mass is 9.87. The van der Waals surface area contributed by atoms with Crippen LogP contribution in [0.5, 0.6) is 0 Å². The van der Waals surface area contributed by atoms with Crippen LogP contribution in [-0.4, -0.2) is 23.8 Å². The molecule has 0 atom stereocenters. The average molecular weight is 397 g/mol. The van der Waals surface area contributed by atoms with Crippen molar-refractivity contribution in [1.82, 2.24) is 0 Å². The number of nitrogens with zero attached hydrogens (tertiary/aromatic N) is 2. The number of hydrogen-bond donors (Lipinski definition) is 1. The summed E-state index contributed by atoms with van der Waals surface area (Å²) in [4.78, 5) is 28.3. The molecule has 150 valence electrons. The molecule has 5 heteroatoms. The molecule has 2 bridgehead atoms. The molecule has 1 N–H and O–H groups in total. The molecule has 0 spiro atoms. The van der Waals surface area contributed by atoms with E-state index in [-0.39, 0.29) is 11.4 Å². The molecule has 30 heavy (non-hydrogen) atoms. The van der Waals surface area contributed by atoms with E-state index in [1.807, 2.05) is 37.3 Å². The molecule has 2 aromatic carbocycles. The van der Waals surface area contributed by atoms with Gasteiger partial charge in [0.1, 0.15) is 6.07 Å². The van der Waals surface area contributed by atoms with Crippen LogP contribution in [0.2, 0.25) is 0 Å². The summed E-state index contributed by atoms with van der Waals surface area (Å²) in [7, 11) is 0. The quantitative estimate of drug-likeness (QED) is 0.784. The molecule has 5 nitrogen and oxygen atoms in total. The van der Waals surface area contributed by atoms with Gasteiger partial charge in [0.15, 0.2) is 5.78 Å². The van der Waals surface area contributed by atoms with Crippen LogP contribution in [0.15, 0.2) is 48.0 Å². The third kappa shape index (κ3) is 2.91. The van der Waals surface area contributed by atoms with E-state index in [4.69, 9.17) is 0 Å². The van der Waals surface area contributed by atoms with Gasteiger partial charge in [-0.25, -0.2) is 0 Å². The maximum Gasteiger partial charge on any atom is 0.259 e. The first-order valence-corrected chi connectivity index (χ1v) is 10.5. The Kier molecular flexibility index (Phi) is 4.43. The fourth-order valence-electron chi connectivity index (χ4n) is 5.28. The largest absolute Gasteiger partial charge is 0.366 e. The van der Waals surface area contributed by atoms with E-state index in [1.54, 1.807) is 12.1 Å². The molecule has 5 rings (SSSR count). The normalized spacial score (nSPS) is 21.8. The molecule has 2 saturated heterocycles. The molecule has 0 aromatic heterocycles. The Morgan fingerprint density at radius 1 is 1.13 bits per heavy atom. The highest BCUT2D eigenvalue weighted by atomic mass is 16.2. The third-order valence-corrected chi connectivity index (χ3v) is 6.72. The number of hydrogen-bond acceptors (Lipinski definition) is 4. The van der Waals surface area contributed by atoms with Crippen LogP contribution < -0.4 is 10.2 Å². The summed E-state index contributed by atoms with van der Waals surface area (Å²) in [6, 6.07) is 14.7. The number of anilines is 2. The molecule has 1 amide bonds. The first-order valence-electron chi connectivity index (χ1n) is 10.5. The predicted octanol–water partition coefficient (Wildman–Crippen LogP) is 4.30. The highest BCUT2D eigenvalue weighted by Crippen LogP contribution is 2.41. The zero-order chi connectivity index (χ0) is 20.8. The van der Waals surface area contributed by atoms with Gasteiger partial charge >= 0.3 is 0 Å². The molecule has 0 radical (unpaired) electrons. The van der Waals surface area contributed by atoms with Gasteiger partial charge in [-0.3, -0.25) is 9.59 Å². The van der Waals surface area contributed by atoms with E-state index in [0.717, 1.165) is 16.8 Å². The molecule has 3 aliphatic rings. The second-order valence-electron chi connectivity index (χ2n) is 8.43. The average Bonchev–Trinajstić information content (AvgIpc) is 3.35. The summed E-state index contributed by atoms with van der Waals surface area (Å²) < 4.78 is 0. The molecular weight excluding hydrogens is 374 g/mol. The number of aryl methyl sites for hydroxylation is 1. The Balaban J connectivity index is 1.39. The molecule has 0 unspecified atom stereocenters. The molecule has 2 heterocycles. The summed E-state index contributed by atoms with van der Waals surface area (Å²) in [6.45, 7) is 1.88. The number of nitriles is 1. The van der Waals surface area contributed by atoms with Crippen molar-refractivity contribution < 1.29 is 9.59 Å². The zero-order valence-electron chi connectivity index (χ0n) is 16.9. The summed E-state index contributed by atoms with van der Waals surface area (Å²) in [5.41, 5.74) is 4.49. The van der Waals surface area contributed by atoms with Crippen LogP contribution in [0, 0.1) is 18.3 Å². The van der Waals surface area contributed by atoms with Gasteiger partial charge in [-0.05, 0) is 68.4 Å². The number of amides is 1. The second-order valence-corrected chi connectivity index (χ2v) is 8.43. The minimum Gasteiger partial charge on any atom is -0.366 e. The SMILES string of the molecule is Cc1cccc2c1C(=O)C(C(=O)Nc1ccc(N3C4CCC3CC4)cc1C#N)=CC2. The van der Waals surface area contributed by atoms with Crippen molar-refractivity contribution >= 4 is 23.1 Å².